The van der Waals surface area contributed by atoms with Crippen LogP contribution in [0.1, 0.15) is 22.3 Å². The Labute approximate surface area is 411 Å². The van der Waals surface area contributed by atoms with E-state index in [1.807, 2.05) is 36.4 Å². The molecular weight excluding hydrogens is 885 g/mol. The quantitative estimate of drug-likeness (QED) is 0.176. The van der Waals surface area contributed by atoms with E-state index in [0.717, 1.165) is 83.9 Å². The highest BCUT2D eigenvalue weighted by atomic mass is 32.2. The molecular formula is C64H38N6S. The summed E-state index contributed by atoms with van der Waals surface area (Å²) in [6.07, 6.45) is 5.86. The van der Waals surface area contributed by atoms with Crippen molar-refractivity contribution in [3.05, 3.63) is 253 Å². The molecule has 6 nitrogen and oxygen atoms in total. The Bertz CT molecular complexity index is 4490. The number of hydrogen-bond acceptors (Lipinski definition) is 4. The molecule has 0 radical (unpaired) electrons. The van der Waals surface area contributed by atoms with Crippen LogP contribution in [0.25, 0.3) is 105 Å². The summed E-state index contributed by atoms with van der Waals surface area (Å²) in [5.41, 5.74) is 17.1. The maximum atomic E-state index is 5.39. The molecule has 1 spiro atoms. The first-order valence-corrected chi connectivity index (χ1v) is 24.9. The minimum absolute atomic E-state index is 0.684. The van der Waals surface area contributed by atoms with Gasteiger partial charge in [0.1, 0.15) is 0 Å². The molecule has 330 valence electrons. The van der Waals surface area contributed by atoms with E-state index >= 15 is 0 Å². The lowest BCUT2D eigenvalue weighted by molar-refractivity contribution is 0.719. The van der Waals surface area contributed by atoms with Crippen LogP contribution in [-0.4, -0.2) is 28.7 Å². The van der Waals surface area contributed by atoms with Crippen molar-refractivity contribution >= 4 is 77.2 Å². The third-order valence-electron chi connectivity index (χ3n) is 15.3. The van der Waals surface area contributed by atoms with Gasteiger partial charge in [-0.15, -0.1) is 0 Å². The Balaban J connectivity index is 0.914. The van der Waals surface area contributed by atoms with E-state index in [9.17, 15) is 0 Å². The number of benzene rings is 8. The minimum Gasteiger partial charge on any atom is -0.308 e. The van der Waals surface area contributed by atoms with Gasteiger partial charge in [-0.05, 0) is 113 Å². The molecule has 1 aliphatic heterocycles. The lowest BCUT2D eigenvalue weighted by Crippen LogP contribution is -2.32. The lowest BCUT2D eigenvalue weighted by atomic mass is 9.67. The SMILES string of the molecule is c1ccc2c(c1)Sc1ccc(-c3ccc4c(c3)c3ccccc3n4-c3ncccc3-n3c4ccccc4c4ccccc43)cc1C21c2cccnc2-c2ncc(-n3c4ccccc4c4ccccc43)cc21. The number of rotatable bonds is 4. The Morgan fingerprint density at radius 1 is 0.338 bits per heavy atom. The van der Waals surface area contributed by atoms with Gasteiger partial charge in [0.2, 0.25) is 0 Å². The van der Waals surface area contributed by atoms with Gasteiger partial charge in [-0.1, -0.05) is 139 Å². The molecule has 1 atom stereocenters. The summed E-state index contributed by atoms with van der Waals surface area (Å²) in [5, 5.41) is 7.24. The lowest BCUT2D eigenvalue weighted by Gasteiger charge is -2.39. The number of fused-ring (bicyclic) bond motifs is 18. The largest absolute Gasteiger partial charge is 0.308 e. The Morgan fingerprint density at radius 3 is 1.55 bits per heavy atom. The van der Waals surface area contributed by atoms with E-state index in [1.165, 1.54) is 53.2 Å². The van der Waals surface area contributed by atoms with Crippen molar-refractivity contribution < 1.29 is 0 Å². The average Bonchev–Trinajstić information content (AvgIpc) is 4.15. The van der Waals surface area contributed by atoms with Crippen LogP contribution in [0.5, 0.6) is 0 Å². The molecule has 7 heterocycles. The summed E-state index contributed by atoms with van der Waals surface area (Å²) in [7, 11) is 0. The number of pyridine rings is 3. The summed E-state index contributed by atoms with van der Waals surface area (Å²) < 4.78 is 7.10. The van der Waals surface area contributed by atoms with Crippen molar-refractivity contribution in [1.82, 2.24) is 28.7 Å². The van der Waals surface area contributed by atoms with Crippen molar-refractivity contribution in [3.63, 3.8) is 0 Å². The van der Waals surface area contributed by atoms with E-state index in [2.05, 4.69) is 220 Å². The van der Waals surface area contributed by atoms with Gasteiger partial charge in [0.25, 0.3) is 0 Å². The molecule has 0 N–H and O–H groups in total. The van der Waals surface area contributed by atoms with Gasteiger partial charge < -0.3 is 9.13 Å². The van der Waals surface area contributed by atoms with E-state index in [4.69, 9.17) is 15.0 Å². The molecule has 0 fully saturated rings. The number of nitrogens with zero attached hydrogens (tertiary/aromatic N) is 6. The van der Waals surface area contributed by atoms with Gasteiger partial charge in [0.15, 0.2) is 5.82 Å². The van der Waals surface area contributed by atoms with Crippen LogP contribution in [0, 0.1) is 0 Å². The summed E-state index contributed by atoms with van der Waals surface area (Å²) >= 11 is 1.85. The van der Waals surface area contributed by atoms with Crippen LogP contribution >= 0.6 is 11.8 Å². The van der Waals surface area contributed by atoms with Crippen LogP contribution in [-0.2, 0) is 5.41 Å². The second-order valence-corrected chi connectivity index (χ2v) is 19.8. The fraction of sp³-hybridized carbons (Fsp3) is 0.0156. The molecule has 1 aliphatic carbocycles. The maximum absolute atomic E-state index is 5.39. The minimum atomic E-state index is -0.684. The van der Waals surface area contributed by atoms with Crippen molar-refractivity contribution in [2.45, 2.75) is 15.2 Å². The first-order chi connectivity index (χ1) is 35.2. The molecule has 1 unspecified atom stereocenters. The summed E-state index contributed by atoms with van der Waals surface area (Å²) in [6.45, 7) is 0. The van der Waals surface area contributed by atoms with Gasteiger partial charge in [0.05, 0.1) is 67.5 Å². The van der Waals surface area contributed by atoms with E-state index in [0.29, 0.717) is 0 Å². The first-order valence-electron chi connectivity index (χ1n) is 24.1. The second-order valence-electron chi connectivity index (χ2n) is 18.7. The number of hydrogen-bond donors (Lipinski definition) is 0. The smallest absolute Gasteiger partial charge is 0.162 e. The van der Waals surface area contributed by atoms with E-state index in [-0.39, 0.29) is 0 Å². The maximum Gasteiger partial charge on any atom is 0.162 e. The predicted molar refractivity (Wildman–Crippen MR) is 290 cm³/mol. The molecule has 0 saturated carbocycles. The van der Waals surface area contributed by atoms with Gasteiger partial charge in [-0.25, -0.2) is 4.98 Å². The van der Waals surface area contributed by atoms with Crippen LogP contribution in [0.2, 0.25) is 0 Å². The monoisotopic (exact) mass is 922 g/mol. The molecule has 6 aromatic heterocycles. The molecule has 0 saturated heterocycles. The molecule has 14 aromatic rings. The predicted octanol–water partition coefficient (Wildman–Crippen LogP) is 15.7. The Kier molecular flexibility index (Phi) is 7.94. The van der Waals surface area contributed by atoms with Crippen LogP contribution in [0.15, 0.2) is 241 Å². The fourth-order valence-corrected chi connectivity index (χ4v) is 13.6. The summed E-state index contributed by atoms with van der Waals surface area (Å²) in [6, 6.07) is 77.5. The standard InChI is InChI=1S/C64H38N6S/c1-7-22-52-42(15-1)43-16-2-8-23-53(43)68(52)41-37-51-62(67-38-41)61-49(21-13-33-65-61)64(51)48-20-6-12-28-59(48)71-60-32-30-40(36-50(60)64)39-29-31-57-47(35-39)46-19-5-11-26-56(46)70(57)63-58(27-14-34-66-63)69-54-24-9-3-17-44(54)45-18-4-10-25-55(45)69/h1-38H. The highest BCUT2D eigenvalue weighted by Gasteiger charge is 2.52. The van der Waals surface area contributed by atoms with Crippen LogP contribution in [0.4, 0.5) is 0 Å². The zero-order valence-corrected chi connectivity index (χ0v) is 38.8. The number of aromatic nitrogens is 6. The van der Waals surface area contributed by atoms with Crippen molar-refractivity contribution in [1.29, 1.82) is 0 Å². The third kappa shape index (κ3) is 5.20. The topological polar surface area (TPSA) is 53.5 Å². The Morgan fingerprint density at radius 2 is 0.845 bits per heavy atom. The highest BCUT2D eigenvalue weighted by Crippen LogP contribution is 2.62. The van der Waals surface area contributed by atoms with Crippen molar-refractivity contribution in [3.8, 4) is 39.7 Å². The third-order valence-corrected chi connectivity index (χ3v) is 16.4. The van der Waals surface area contributed by atoms with Crippen LogP contribution < -0.4 is 0 Å². The molecule has 71 heavy (non-hydrogen) atoms. The molecule has 0 amide bonds. The molecule has 16 rings (SSSR count). The highest BCUT2D eigenvalue weighted by molar-refractivity contribution is 7.99. The van der Waals surface area contributed by atoms with Gasteiger partial charge in [0, 0.05) is 60.1 Å². The second kappa shape index (κ2) is 14.5. The zero-order valence-electron chi connectivity index (χ0n) is 38.0. The van der Waals surface area contributed by atoms with Crippen molar-refractivity contribution in [2.75, 3.05) is 0 Å². The van der Waals surface area contributed by atoms with E-state index < -0.39 is 5.41 Å². The molecule has 7 heteroatoms. The zero-order chi connectivity index (χ0) is 46.4. The van der Waals surface area contributed by atoms with Gasteiger partial charge >= 0.3 is 0 Å². The average molecular weight is 923 g/mol. The van der Waals surface area contributed by atoms with E-state index in [1.54, 1.807) is 0 Å². The van der Waals surface area contributed by atoms with Gasteiger partial charge in [-0.2, -0.15) is 0 Å². The molecule has 2 aliphatic rings. The number of para-hydroxylation sites is 5. The molecule has 0 bridgehead atoms. The summed E-state index contributed by atoms with van der Waals surface area (Å²) in [4.78, 5) is 18.2. The normalized spacial score (nSPS) is 14.8. The van der Waals surface area contributed by atoms with Crippen LogP contribution in [0.3, 0.4) is 0 Å². The van der Waals surface area contributed by atoms with Gasteiger partial charge in [-0.3, -0.25) is 14.5 Å². The molecule has 8 aromatic carbocycles. The van der Waals surface area contributed by atoms with Crippen molar-refractivity contribution in [2.24, 2.45) is 0 Å². The summed E-state index contributed by atoms with van der Waals surface area (Å²) in [5.74, 6) is 0.880. The Hall–Kier alpha value is -9.04. The fourth-order valence-electron chi connectivity index (χ4n) is 12.4. The first kappa shape index (κ1) is 38.9.